The van der Waals surface area contributed by atoms with E-state index in [4.69, 9.17) is 9.47 Å². The molecular weight excluding hydrogens is 168 g/mol. The van der Waals surface area contributed by atoms with Crippen LogP contribution in [0.25, 0.3) is 0 Å². The first-order valence-electron chi connectivity index (χ1n) is 4.62. The molecule has 13 heavy (non-hydrogen) atoms. The summed E-state index contributed by atoms with van der Waals surface area (Å²) in [7, 11) is 0. The molecule has 0 saturated carbocycles. The summed E-state index contributed by atoms with van der Waals surface area (Å²) in [6.45, 7) is 6.86. The summed E-state index contributed by atoms with van der Waals surface area (Å²) in [6.07, 6.45) is 2.22. The zero-order valence-electron chi connectivity index (χ0n) is 8.37. The van der Waals surface area contributed by atoms with Gasteiger partial charge in [-0.15, -0.1) is 0 Å². The van der Waals surface area contributed by atoms with E-state index in [2.05, 4.69) is 0 Å². The second kappa shape index (κ2) is 4.42. The van der Waals surface area contributed by atoms with Crippen LogP contribution >= 0.6 is 0 Å². The number of carbonyl (C=O) groups is 1. The number of hydrogen-bond acceptors (Lipinski definition) is 3. The molecule has 3 heteroatoms. The van der Waals surface area contributed by atoms with Gasteiger partial charge in [0.1, 0.15) is 0 Å². The molecule has 0 spiro atoms. The van der Waals surface area contributed by atoms with Gasteiger partial charge in [-0.2, -0.15) is 0 Å². The molecule has 2 atom stereocenters. The van der Waals surface area contributed by atoms with Crippen molar-refractivity contribution < 1.29 is 14.3 Å². The molecule has 0 aliphatic carbocycles. The quantitative estimate of drug-likeness (QED) is 0.378. The van der Waals surface area contributed by atoms with Gasteiger partial charge in [0.2, 0.25) is 0 Å². The van der Waals surface area contributed by atoms with E-state index in [1.54, 1.807) is 13.8 Å². The van der Waals surface area contributed by atoms with E-state index in [1.807, 2.05) is 13.0 Å². The highest BCUT2D eigenvalue weighted by atomic mass is 16.6. The van der Waals surface area contributed by atoms with Crippen molar-refractivity contribution in [2.75, 3.05) is 13.2 Å². The second-order valence-electron chi connectivity index (χ2n) is 3.30. The van der Waals surface area contributed by atoms with Crippen LogP contribution in [0.4, 0.5) is 0 Å². The van der Waals surface area contributed by atoms with Crippen molar-refractivity contribution in [2.45, 2.75) is 26.9 Å². The molecule has 74 valence electrons. The van der Waals surface area contributed by atoms with E-state index in [-0.39, 0.29) is 5.97 Å². The van der Waals surface area contributed by atoms with Gasteiger partial charge >= 0.3 is 5.97 Å². The molecule has 0 aromatic heterocycles. The smallest absolute Gasteiger partial charge is 0.333 e. The topological polar surface area (TPSA) is 38.8 Å². The number of esters is 1. The third-order valence-electron chi connectivity index (χ3n) is 2.06. The summed E-state index contributed by atoms with van der Waals surface area (Å²) in [4.78, 5) is 11.2. The van der Waals surface area contributed by atoms with Crippen LogP contribution in [0.5, 0.6) is 0 Å². The number of rotatable bonds is 4. The van der Waals surface area contributed by atoms with Crippen molar-refractivity contribution in [3.05, 3.63) is 11.6 Å². The van der Waals surface area contributed by atoms with Crippen molar-refractivity contribution >= 4 is 5.97 Å². The molecule has 1 fully saturated rings. The normalized spacial score (nSPS) is 23.9. The Hall–Kier alpha value is -0.830. The fourth-order valence-corrected chi connectivity index (χ4v) is 1.17. The molecule has 0 aromatic rings. The lowest BCUT2D eigenvalue weighted by atomic mass is 10.1. The van der Waals surface area contributed by atoms with Gasteiger partial charge in [-0.05, 0) is 13.8 Å². The van der Waals surface area contributed by atoms with Crippen molar-refractivity contribution in [1.29, 1.82) is 0 Å². The van der Waals surface area contributed by atoms with Gasteiger partial charge in [-0.3, -0.25) is 0 Å². The Morgan fingerprint density at radius 2 is 2.38 bits per heavy atom. The first kappa shape index (κ1) is 10.3. The highest BCUT2D eigenvalue weighted by molar-refractivity contribution is 5.87. The summed E-state index contributed by atoms with van der Waals surface area (Å²) in [5, 5.41) is 0. The summed E-state index contributed by atoms with van der Waals surface area (Å²) < 4.78 is 9.97. The lowest BCUT2D eigenvalue weighted by molar-refractivity contribution is -0.138. The molecule has 0 unspecified atom stereocenters. The number of epoxide rings is 1. The molecule has 0 radical (unpaired) electrons. The molecule has 1 rings (SSSR count). The van der Waals surface area contributed by atoms with Crippen molar-refractivity contribution in [3.63, 3.8) is 0 Å². The molecule has 3 nitrogen and oxygen atoms in total. The number of hydrogen-bond donors (Lipinski definition) is 0. The molecule has 0 bridgehead atoms. The zero-order valence-corrected chi connectivity index (χ0v) is 8.37. The van der Waals surface area contributed by atoms with Crippen molar-refractivity contribution in [3.8, 4) is 0 Å². The van der Waals surface area contributed by atoms with Crippen LogP contribution in [0, 0.1) is 5.92 Å². The van der Waals surface area contributed by atoms with Crippen LogP contribution in [0.15, 0.2) is 11.6 Å². The Morgan fingerprint density at radius 3 is 2.85 bits per heavy atom. The first-order valence-corrected chi connectivity index (χ1v) is 4.62. The minimum Gasteiger partial charge on any atom is -0.463 e. The van der Waals surface area contributed by atoms with E-state index < -0.39 is 0 Å². The standard InChI is InChI=1S/C10H16O3/c1-4-12-10(11)8(3)5-7(2)9-6-13-9/h5,7,9H,4,6H2,1-3H3/t7-,9+/m1/s1. The Balaban J connectivity index is 2.43. The zero-order chi connectivity index (χ0) is 9.84. The van der Waals surface area contributed by atoms with E-state index in [1.165, 1.54) is 0 Å². The average Bonchev–Trinajstić information content (AvgIpc) is 2.86. The fourth-order valence-electron chi connectivity index (χ4n) is 1.17. The van der Waals surface area contributed by atoms with Crippen molar-refractivity contribution in [2.24, 2.45) is 5.92 Å². The monoisotopic (exact) mass is 184 g/mol. The van der Waals surface area contributed by atoms with Crippen LogP contribution in [-0.4, -0.2) is 25.3 Å². The van der Waals surface area contributed by atoms with Crippen LogP contribution in [0.1, 0.15) is 20.8 Å². The first-order chi connectivity index (χ1) is 6.15. The maximum Gasteiger partial charge on any atom is 0.333 e. The summed E-state index contributed by atoms with van der Waals surface area (Å²) in [5.74, 6) is 0.0828. The maximum absolute atomic E-state index is 11.2. The minimum atomic E-state index is -0.227. The van der Waals surface area contributed by atoms with Gasteiger partial charge < -0.3 is 9.47 Å². The van der Waals surface area contributed by atoms with Gasteiger partial charge in [0.05, 0.1) is 19.3 Å². The molecule has 1 heterocycles. The summed E-state index contributed by atoms with van der Waals surface area (Å²) in [6, 6.07) is 0. The van der Waals surface area contributed by atoms with Crippen LogP contribution in [0.3, 0.4) is 0 Å². The average molecular weight is 184 g/mol. The van der Waals surface area contributed by atoms with E-state index >= 15 is 0 Å². The van der Waals surface area contributed by atoms with Gasteiger partial charge in [-0.1, -0.05) is 13.0 Å². The second-order valence-corrected chi connectivity index (χ2v) is 3.30. The molecular formula is C10H16O3. The van der Waals surface area contributed by atoms with E-state index in [0.29, 0.717) is 24.2 Å². The van der Waals surface area contributed by atoms with Gasteiger partial charge in [0.25, 0.3) is 0 Å². The third kappa shape index (κ3) is 3.19. The molecule has 0 N–H and O–H groups in total. The highest BCUT2D eigenvalue weighted by Gasteiger charge is 2.28. The molecule has 1 aliphatic heterocycles. The predicted octanol–water partition coefficient (Wildman–Crippen LogP) is 1.53. The van der Waals surface area contributed by atoms with Gasteiger partial charge in [0.15, 0.2) is 0 Å². The SMILES string of the molecule is CCOC(=O)C(C)=C[C@@H](C)[C@@H]1CO1. The molecule has 0 amide bonds. The van der Waals surface area contributed by atoms with Crippen LogP contribution in [-0.2, 0) is 14.3 Å². The predicted molar refractivity (Wildman–Crippen MR) is 49.3 cm³/mol. The third-order valence-corrected chi connectivity index (χ3v) is 2.06. The van der Waals surface area contributed by atoms with Crippen LogP contribution in [0.2, 0.25) is 0 Å². The lowest BCUT2D eigenvalue weighted by Gasteiger charge is -2.04. The largest absolute Gasteiger partial charge is 0.463 e. The Morgan fingerprint density at radius 1 is 1.77 bits per heavy atom. The van der Waals surface area contributed by atoms with Gasteiger partial charge in [-0.25, -0.2) is 4.79 Å². The Kier molecular flexibility index (Phi) is 3.48. The molecule has 0 aromatic carbocycles. The van der Waals surface area contributed by atoms with E-state index in [9.17, 15) is 4.79 Å². The number of carbonyl (C=O) groups excluding carboxylic acids is 1. The van der Waals surface area contributed by atoms with E-state index in [0.717, 1.165) is 6.61 Å². The Labute approximate surface area is 78.7 Å². The lowest BCUT2D eigenvalue weighted by Crippen LogP contribution is -2.08. The fraction of sp³-hybridized carbons (Fsp3) is 0.700. The van der Waals surface area contributed by atoms with Crippen molar-refractivity contribution in [1.82, 2.24) is 0 Å². The maximum atomic E-state index is 11.2. The molecule has 1 saturated heterocycles. The minimum absolute atomic E-state index is 0.227. The summed E-state index contributed by atoms with van der Waals surface area (Å²) in [5.41, 5.74) is 0.671. The molecule has 1 aliphatic rings. The van der Waals surface area contributed by atoms with Gasteiger partial charge in [0, 0.05) is 11.5 Å². The highest BCUT2D eigenvalue weighted by Crippen LogP contribution is 2.21. The number of ether oxygens (including phenoxy) is 2. The Bertz CT molecular complexity index is 216. The van der Waals surface area contributed by atoms with Crippen LogP contribution < -0.4 is 0 Å². The summed E-state index contributed by atoms with van der Waals surface area (Å²) >= 11 is 0.